The van der Waals surface area contributed by atoms with Gasteiger partial charge in [0.2, 0.25) is 5.90 Å². The summed E-state index contributed by atoms with van der Waals surface area (Å²) in [5, 5.41) is 14.0. The number of non-ortho nitro benzene ring substituents is 1. The molecule has 0 aromatic heterocycles. The van der Waals surface area contributed by atoms with Gasteiger partial charge < -0.3 is 14.8 Å². The number of carbonyl (C=O) groups excluding carboxylic acids is 1. The van der Waals surface area contributed by atoms with E-state index in [1.54, 1.807) is 25.1 Å². The van der Waals surface area contributed by atoms with Crippen molar-refractivity contribution in [2.45, 2.75) is 6.92 Å². The molecule has 3 aromatic rings. The predicted octanol–water partition coefficient (Wildman–Crippen LogP) is 8.02. The Balaban J connectivity index is 1.81. The minimum Gasteiger partial charge on any atom is -0.477 e. The molecule has 34 heavy (non-hydrogen) atoms. The minimum absolute atomic E-state index is 0.0501. The predicted molar refractivity (Wildman–Crippen MR) is 133 cm³/mol. The zero-order valence-corrected chi connectivity index (χ0v) is 20.4. The molecule has 0 heterocycles. The van der Waals surface area contributed by atoms with Crippen molar-refractivity contribution >= 4 is 69.7 Å². The summed E-state index contributed by atoms with van der Waals surface area (Å²) in [5.41, 5.74) is 0.430. The fraction of sp³-hybridized carbons (Fsp3) is 0.0909. The number of aliphatic imine (C=N–C) groups is 1. The summed E-state index contributed by atoms with van der Waals surface area (Å²) < 4.78 is 11.1. The largest absolute Gasteiger partial charge is 0.477 e. The summed E-state index contributed by atoms with van der Waals surface area (Å²) in [6, 6.07) is 12.3. The first-order valence-electron chi connectivity index (χ1n) is 9.57. The van der Waals surface area contributed by atoms with Crippen molar-refractivity contribution in [3.63, 3.8) is 0 Å². The van der Waals surface area contributed by atoms with Crippen molar-refractivity contribution in [3.8, 4) is 11.5 Å². The Hall–Kier alpha value is -3.04. The van der Waals surface area contributed by atoms with Gasteiger partial charge in [0.1, 0.15) is 5.75 Å². The number of halogens is 4. The highest BCUT2D eigenvalue weighted by Crippen LogP contribution is 2.39. The number of nitrogens with zero attached hydrogens (tertiary/aromatic N) is 2. The number of benzene rings is 3. The van der Waals surface area contributed by atoms with Gasteiger partial charge in [0, 0.05) is 17.8 Å². The quantitative estimate of drug-likeness (QED) is 0.147. The molecule has 0 saturated carbocycles. The highest BCUT2D eigenvalue weighted by Gasteiger charge is 2.17. The lowest BCUT2D eigenvalue weighted by molar-refractivity contribution is -0.384. The number of nitro groups is 1. The summed E-state index contributed by atoms with van der Waals surface area (Å²) in [6.07, 6.45) is 0. The first-order chi connectivity index (χ1) is 16.2. The minimum atomic E-state index is -0.782. The van der Waals surface area contributed by atoms with E-state index in [0.717, 1.165) is 0 Å². The van der Waals surface area contributed by atoms with Gasteiger partial charge in [-0.15, -0.1) is 0 Å². The molecule has 0 radical (unpaired) electrons. The molecule has 0 aliphatic carbocycles. The van der Waals surface area contributed by atoms with Crippen LogP contribution in [0.4, 0.5) is 16.2 Å². The number of ether oxygens (including phenoxy) is 2. The SMILES string of the molecule is CCOC(=NC(=O)Nc1cc(Cl)c(Oc2ccc([N+](=O)[O-])cc2)c(Cl)c1)c1c(Cl)cccc1Cl. The number of amides is 2. The summed E-state index contributed by atoms with van der Waals surface area (Å²) in [4.78, 5) is 26.7. The lowest BCUT2D eigenvalue weighted by atomic mass is 10.2. The molecule has 8 nitrogen and oxygen atoms in total. The molecule has 176 valence electrons. The van der Waals surface area contributed by atoms with Gasteiger partial charge in [0.05, 0.1) is 37.2 Å². The molecular weight excluding hydrogens is 528 g/mol. The van der Waals surface area contributed by atoms with E-state index < -0.39 is 11.0 Å². The second-order valence-electron chi connectivity index (χ2n) is 6.50. The average molecular weight is 543 g/mol. The van der Waals surface area contributed by atoms with Crippen LogP contribution in [0.2, 0.25) is 20.1 Å². The molecular formula is C22H15Cl4N3O5. The molecule has 0 saturated heterocycles. The van der Waals surface area contributed by atoms with E-state index in [9.17, 15) is 14.9 Å². The molecule has 0 fully saturated rings. The zero-order valence-electron chi connectivity index (χ0n) is 17.4. The number of nitro benzene ring substituents is 1. The van der Waals surface area contributed by atoms with Crippen LogP contribution in [0.3, 0.4) is 0 Å². The number of urea groups is 1. The maximum absolute atomic E-state index is 12.5. The number of nitrogens with one attached hydrogen (secondary N) is 1. The van der Waals surface area contributed by atoms with Crippen LogP contribution >= 0.6 is 46.4 Å². The second-order valence-corrected chi connectivity index (χ2v) is 8.13. The molecule has 3 aromatic carbocycles. The van der Waals surface area contributed by atoms with E-state index in [-0.39, 0.29) is 61.0 Å². The van der Waals surface area contributed by atoms with Crippen molar-refractivity contribution in [2.24, 2.45) is 4.99 Å². The highest BCUT2D eigenvalue weighted by atomic mass is 35.5. The molecule has 0 aliphatic heterocycles. The third-order valence-electron chi connectivity index (χ3n) is 4.18. The van der Waals surface area contributed by atoms with Gasteiger partial charge in [-0.2, -0.15) is 4.99 Å². The standard InChI is InChI=1S/C22H15Cl4N3O5/c1-2-33-21(19-15(23)4-3-5-16(19)24)28-22(30)27-12-10-17(25)20(18(26)11-12)34-14-8-6-13(7-9-14)29(31)32/h3-11H,2H2,1H3,(H,27,30). The van der Waals surface area contributed by atoms with Crippen LogP contribution < -0.4 is 10.1 Å². The first-order valence-corrected chi connectivity index (χ1v) is 11.1. The maximum atomic E-state index is 12.5. The molecule has 0 aliphatic rings. The third kappa shape index (κ3) is 6.30. The van der Waals surface area contributed by atoms with Crippen molar-refractivity contribution in [1.82, 2.24) is 0 Å². The fourth-order valence-electron chi connectivity index (χ4n) is 2.73. The molecule has 0 unspecified atom stereocenters. The molecule has 2 amide bonds. The van der Waals surface area contributed by atoms with Crippen LogP contribution in [0.5, 0.6) is 11.5 Å². The Morgan fingerprint density at radius 2 is 1.59 bits per heavy atom. The fourth-order valence-corrected chi connectivity index (χ4v) is 3.85. The Bertz CT molecular complexity index is 1220. The molecule has 12 heteroatoms. The Morgan fingerprint density at radius 1 is 1.00 bits per heavy atom. The number of hydrogen-bond donors (Lipinski definition) is 1. The number of hydrogen-bond acceptors (Lipinski definition) is 5. The van der Waals surface area contributed by atoms with Gasteiger partial charge in [0.25, 0.3) is 5.69 Å². The Morgan fingerprint density at radius 3 is 2.12 bits per heavy atom. The maximum Gasteiger partial charge on any atom is 0.348 e. The third-order valence-corrected chi connectivity index (χ3v) is 5.37. The van der Waals surface area contributed by atoms with Crippen LogP contribution in [0.15, 0.2) is 59.6 Å². The highest BCUT2D eigenvalue weighted by molar-refractivity contribution is 6.40. The monoisotopic (exact) mass is 541 g/mol. The van der Waals surface area contributed by atoms with Crippen LogP contribution in [-0.2, 0) is 4.74 Å². The lowest BCUT2D eigenvalue weighted by Gasteiger charge is -2.13. The van der Waals surface area contributed by atoms with Crippen molar-refractivity contribution in [1.29, 1.82) is 0 Å². The van der Waals surface area contributed by atoms with E-state index in [1.807, 2.05) is 0 Å². The van der Waals surface area contributed by atoms with Crippen LogP contribution in [0.1, 0.15) is 12.5 Å². The van der Waals surface area contributed by atoms with Crippen LogP contribution in [-0.4, -0.2) is 23.5 Å². The first kappa shape index (κ1) is 25.6. The average Bonchev–Trinajstić information content (AvgIpc) is 2.76. The van der Waals surface area contributed by atoms with Crippen LogP contribution in [0.25, 0.3) is 0 Å². The zero-order chi connectivity index (χ0) is 24.8. The molecule has 0 spiro atoms. The normalized spacial score (nSPS) is 11.1. The Labute approximate surface area is 214 Å². The van der Waals surface area contributed by atoms with Crippen molar-refractivity contribution < 1.29 is 19.2 Å². The summed E-state index contributed by atoms with van der Waals surface area (Å²) in [7, 11) is 0. The van der Waals surface area contributed by atoms with E-state index in [4.69, 9.17) is 55.9 Å². The van der Waals surface area contributed by atoms with E-state index in [0.29, 0.717) is 0 Å². The van der Waals surface area contributed by atoms with E-state index in [2.05, 4.69) is 10.3 Å². The summed E-state index contributed by atoms with van der Waals surface area (Å²) >= 11 is 24.9. The lowest BCUT2D eigenvalue weighted by Crippen LogP contribution is -2.15. The number of rotatable bonds is 6. The molecule has 1 N–H and O–H groups in total. The van der Waals surface area contributed by atoms with Gasteiger partial charge in [-0.05, 0) is 43.3 Å². The van der Waals surface area contributed by atoms with Gasteiger partial charge in [0.15, 0.2) is 5.75 Å². The topological polar surface area (TPSA) is 103 Å². The van der Waals surface area contributed by atoms with Gasteiger partial charge >= 0.3 is 6.03 Å². The summed E-state index contributed by atoms with van der Waals surface area (Å²) in [5.74, 6) is 0.344. The van der Waals surface area contributed by atoms with E-state index >= 15 is 0 Å². The smallest absolute Gasteiger partial charge is 0.348 e. The van der Waals surface area contributed by atoms with Gasteiger partial charge in [-0.3, -0.25) is 10.1 Å². The summed E-state index contributed by atoms with van der Waals surface area (Å²) in [6.45, 7) is 1.95. The van der Waals surface area contributed by atoms with Crippen LogP contribution in [0, 0.1) is 10.1 Å². The van der Waals surface area contributed by atoms with Crippen molar-refractivity contribution in [3.05, 3.63) is 90.4 Å². The Kier molecular flexibility index (Phi) is 8.57. The molecule has 0 bridgehead atoms. The number of anilines is 1. The number of carbonyl (C=O) groups is 1. The van der Waals surface area contributed by atoms with Gasteiger partial charge in [-0.1, -0.05) is 52.5 Å². The second kappa shape index (κ2) is 11.4. The molecule has 0 atom stereocenters. The van der Waals surface area contributed by atoms with Gasteiger partial charge in [-0.25, -0.2) is 4.79 Å². The molecule has 3 rings (SSSR count). The van der Waals surface area contributed by atoms with E-state index in [1.165, 1.54) is 36.4 Å². The van der Waals surface area contributed by atoms with Crippen molar-refractivity contribution in [2.75, 3.05) is 11.9 Å².